The number of rotatable bonds is 15. The lowest BCUT2D eigenvalue weighted by Crippen LogP contribution is -1.87. The third-order valence-corrected chi connectivity index (χ3v) is 3.39. The summed E-state index contributed by atoms with van der Waals surface area (Å²) in [5.74, 6) is 0. The third kappa shape index (κ3) is 15.4. The Morgan fingerprint density at radius 1 is 0.667 bits per heavy atom. The van der Waals surface area contributed by atoms with Crippen LogP contribution in [0.2, 0.25) is 0 Å². The summed E-state index contributed by atoms with van der Waals surface area (Å²) in [7, 11) is 0. The van der Waals surface area contributed by atoms with Crippen molar-refractivity contribution in [3.05, 3.63) is 4.91 Å². The minimum Gasteiger partial charge on any atom is -0.364 e. The summed E-state index contributed by atoms with van der Waals surface area (Å²) in [6.07, 6.45) is 17.3. The fraction of sp³-hybridized carbons (Fsp3) is 1.00. The molecule has 0 saturated carbocycles. The molecule has 0 aliphatic rings. The lowest BCUT2D eigenvalue weighted by molar-refractivity contribution is 0.135. The molecule has 3 heteroatoms. The molecule has 3 nitrogen and oxygen atoms in total. The number of unbranched alkanes of at least 4 members (excludes halogenated alkanes) is 12. The van der Waals surface area contributed by atoms with E-state index in [1.807, 2.05) is 0 Å². The van der Waals surface area contributed by atoms with Crippen molar-refractivity contribution >= 4 is 0 Å². The lowest BCUT2D eigenvalue weighted by atomic mass is 10.0. The number of hydrogen-bond acceptors (Lipinski definition) is 3. The van der Waals surface area contributed by atoms with Crippen molar-refractivity contribution in [1.29, 1.82) is 0 Å². The van der Waals surface area contributed by atoms with Crippen molar-refractivity contribution in [3.63, 3.8) is 0 Å². The summed E-state index contributed by atoms with van der Waals surface area (Å²) in [6, 6.07) is 0. The molecule has 0 N–H and O–H groups in total. The molecule has 0 aromatic rings. The molecule has 0 heterocycles. The minimum atomic E-state index is 0.487. The van der Waals surface area contributed by atoms with Gasteiger partial charge in [0.05, 0.1) is 0 Å². The first-order valence-electron chi connectivity index (χ1n) is 7.86. The second kappa shape index (κ2) is 16.4. The van der Waals surface area contributed by atoms with Crippen LogP contribution in [0.5, 0.6) is 0 Å². The Labute approximate surface area is 113 Å². The van der Waals surface area contributed by atoms with Crippen LogP contribution in [0.25, 0.3) is 0 Å². The van der Waals surface area contributed by atoms with E-state index in [-0.39, 0.29) is 0 Å². The molecule has 0 bridgehead atoms. The molecule has 0 aliphatic carbocycles. The average Bonchev–Trinajstić information content (AvgIpc) is 2.39. The zero-order valence-corrected chi connectivity index (χ0v) is 12.2. The van der Waals surface area contributed by atoms with Gasteiger partial charge in [0.2, 0.25) is 0 Å². The van der Waals surface area contributed by atoms with Gasteiger partial charge in [0.1, 0.15) is 6.61 Å². The number of nitrogens with zero attached hydrogens (tertiary/aromatic N) is 1. The van der Waals surface area contributed by atoms with Crippen LogP contribution in [0.3, 0.4) is 0 Å². The predicted molar refractivity (Wildman–Crippen MR) is 77.4 cm³/mol. The quantitative estimate of drug-likeness (QED) is 0.212. The Bertz CT molecular complexity index is 163. The van der Waals surface area contributed by atoms with Crippen LogP contribution in [0, 0.1) is 4.91 Å². The average molecular weight is 257 g/mol. The molecule has 0 aromatic carbocycles. The second-order valence-electron chi connectivity index (χ2n) is 5.15. The van der Waals surface area contributed by atoms with Crippen LogP contribution in [0.4, 0.5) is 0 Å². The minimum absolute atomic E-state index is 0.487. The van der Waals surface area contributed by atoms with E-state index in [0.717, 1.165) is 12.8 Å². The predicted octanol–water partition coefficient (Wildman–Crippen LogP) is 5.78. The van der Waals surface area contributed by atoms with Gasteiger partial charge in [-0.3, -0.25) is 0 Å². The molecule has 108 valence electrons. The highest BCUT2D eigenvalue weighted by atomic mass is 16.7. The maximum absolute atomic E-state index is 9.65. The maximum atomic E-state index is 9.65. The van der Waals surface area contributed by atoms with Gasteiger partial charge in [0.15, 0.2) is 5.34 Å². The summed E-state index contributed by atoms with van der Waals surface area (Å²) in [5, 5.41) is 2.38. The Hall–Kier alpha value is -0.600. The van der Waals surface area contributed by atoms with Gasteiger partial charge < -0.3 is 4.84 Å². The van der Waals surface area contributed by atoms with Gasteiger partial charge in [-0.15, -0.1) is 4.91 Å². The Balaban J connectivity index is 2.88. The molecule has 0 unspecified atom stereocenters. The van der Waals surface area contributed by atoms with Crippen LogP contribution >= 0.6 is 0 Å². The van der Waals surface area contributed by atoms with Crippen LogP contribution in [-0.2, 0) is 4.84 Å². The van der Waals surface area contributed by atoms with Crippen LogP contribution in [0.1, 0.15) is 90.4 Å². The topological polar surface area (TPSA) is 38.7 Å². The fourth-order valence-corrected chi connectivity index (χ4v) is 2.22. The molecular formula is C15H31NO2. The zero-order chi connectivity index (χ0) is 13.3. The lowest BCUT2D eigenvalue weighted by Gasteiger charge is -2.02. The van der Waals surface area contributed by atoms with Crippen molar-refractivity contribution in [1.82, 2.24) is 0 Å². The smallest absolute Gasteiger partial charge is 0.155 e. The molecule has 18 heavy (non-hydrogen) atoms. The van der Waals surface area contributed by atoms with E-state index < -0.39 is 0 Å². The third-order valence-electron chi connectivity index (χ3n) is 3.39. The highest BCUT2D eigenvalue weighted by molar-refractivity contribution is 4.48. The molecule has 0 rings (SSSR count). The van der Waals surface area contributed by atoms with Gasteiger partial charge in [-0.05, 0) is 12.8 Å². The molecule has 0 radical (unpaired) electrons. The molecule has 0 amide bonds. The Morgan fingerprint density at radius 2 is 1.06 bits per heavy atom. The van der Waals surface area contributed by atoms with Gasteiger partial charge in [0, 0.05) is 0 Å². The van der Waals surface area contributed by atoms with Gasteiger partial charge in [-0.25, -0.2) is 0 Å². The van der Waals surface area contributed by atoms with E-state index >= 15 is 0 Å². The van der Waals surface area contributed by atoms with Gasteiger partial charge in [-0.2, -0.15) is 0 Å². The monoisotopic (exact) mass is 257 g/mol. The molecule has 0 atom stereocenters. The molecular weight excluding hydrogens is 226 g/mol. The van der Waals surface area contributed by atoms with Crippen molar-refractivity contribution in [2.24, 2.45) is 5.34 Å². The van der Waals surface area contributed by atoms with Gasteiger partial charge >= 0.3 is 0 Å². The van der Waals surface area contributed by atoms with E-state index in [1.54, 1.807) is 0 Å². The van der Waals surface area contributed by atoms with E-state index in [0.29, 0.717) is 6.61 Å². The molecule has 0 fully saturated rings. The first-order valence-corrected chi connectivity index (χ1v) is 7.86. The second-order valence-corrected chi connectivity index (χ2v) is 5.15. The Kier molecular flexibility index (Phi) is 15.9. The maximum Gasteiger partial charge on any atom is 0.155 e. The highest BCUT2D eigenvalue weighted by Gasteiger charge is 1.93. The van der Waals surface area contributed by atoms with Crippen molar-refractivity contribution < 1.29 is 4.84 Å². The largest absolute Gasteiger partial charge is 0.364 e. The zero-order valence-electron chi connectivity index (χ0n) is 12.2. The molecule has 0 spiro atoms. The normalized spacial score (nSPS) is 10.5. The molecule has 0 aliphatic heterocycles. The van der Waals surface area contributed by atoms with E-state index in [2.05, 4.69) is 17.1 Å². The molecule has 0 saturated heterocycles. The van der Waals surface area contributed by atoms with Crippen LogP contribution in [-0.4, -0.2) is 6.61 Å². The van der Waals surface area contributed by atoms with Crippen LogP contribution in [0.15, 0.2) is 5.34 Å². The summed E-state index contributed by atoms with van der Waals surface area (Å²) < 4.78 is 0. The number of hydrogen-bond donors (Lipinski definition) is 0. The van der Waals surface area contributed by atoms with E-state index in [9.17, 15) is 4.91 Å². The summed E-state index contributed by atoms with van der Waals surface area (Å²) in [4.78, 5) is 14.1. The van der Waals surface area contributed by atoms with Gasteiger partial charge in [0.25, 0.3) is 0 Å². The SMILES string of the molecule is CCCCCCCCCCCCCCCON=O. The van der Waals surface area contributed by atoms with Crippen molar-refractivity contribution in [3.8, 4) is 0 Å². The standard InChI is InChI=1S/C15H31NO2/c1-2-3-4-5-6-7-8-9-10-11-12-13-14-15-18-16-17/h2-15H2,1H3. The first kappa shape index (κ1) is 17.4. The van der Waals surface area contributed by atoms with Gasteiger partial charge in [-0.1, -0.05) is 77.6 Å². The van der Waals surface area contributed by atoms with Crippen molar-refractivity contribution in [2.75, 3.05) is 6.61 Å². The summed E-state index contributed by atoms with van der Waals surface area (Å²) >= 11 is 0. The van der Waals surface area contributed by atoms with E-state index in [4.69, 9.17) is 0 Å². The van der Waals surface area contributed by atoms with E-state index in [1.165, 1.54) is 70.6 Å². The summed E-state index contributed by atoms with van der Waals surface area (Å²) in [5.41, 5.74) is 0. The highest BCUT2D eigenvalue weighted by Crippen LogP contribution is 2.12. The first-order chi connectivity index (χ1) is 8.91. The summed E-state index contributed by atoms with van der Waals surface area (Å²) in [6.45, 7) is 2.75. The molecule has 0 aromatic heterocycles. The Morgan fingerprint density at radius 3 is 1.44 bits per heavy atom. The van der Waals surface area contributed by atoms with Crippen molar-refractivity contribution in [2.45, 2.75) is 90.4 Å². The van der Waals surface area contributed by atoms with Crippen LogP contribution < -0.4 is 0 Å². The fourth-order valence-electron chi connectivity index (χ4n) is 2.22.